The molecule has 0 fully saturated rings. The fourth-order valence-electron chi connectivity index (χ4n) is 0.480. The van der Waals surface area contributed by atoms with Crippen molar-refractivity contribution in [3.63, 3.8) is 0 Å². The third kappa shape index (κ3) is 1.18. The van der Waals surface area contributed by atoms with Crippen molar-refractivity contribution in [3.8, 4) is 0 Å². The van der Waals surface area contributed by atoms with Crippen LogP contribution >= 0.6 is 45.2 Å². The lowest BCUT2D eigenvalue weighted by atomic mass is 10.7. The van der Waals surface area contributed by atoms with E-state index in [9.17, 15) is 0 Å². The number of nitrogens with zero attached hydrogens (tertiary/aromatic N) is 1. The highest BCUT2D eigenvalue weighted by Gasteiger charge is 1.96. The van der Waals surface area contributed by atoms with Crippen LogP contribution in [-0.4, -0.2) is 4.57 Å². The third-order valence-corrected chi connectivity index (χ3v) is 4.20. The van der Waals surface area contributed by atoms with Crippen LogP contribution in [0.2, 0.25) is 0 Å². The standard InChI is InChI=1S/C5H5I2N/c1-8-3-2-4(6)5(8)7/h2-3H,1H3. The van der Waals surface area contributed by atoms with Crippen LogP contribution in [0.3, 0.4) is 0 Å². The van der Waals surface area contributed by atoms with E-state index in [4.69, 9.17) is 0 Å². The molecule has 44 valence electrons. The van der Waals surface area contributed by atoms with E-state index < -0.39 is 0 Å². The molecule has 1 heterocycles. The van der Waals surface area contributed by atoms with Crippen LogP contribution in [0.5, 0.6) is 0 Å². The maximum atomic E-state index is 2.32. The summed E-state index contributed by atoms with van der Waals surface area (Å²) >= 11 is 4.64. The molecule has 0 saturated carbocycles. The zero-order valence-electron chi connectivity index (χ0n) is 4.36. The lowest BCUT2D eigenvalue weighted by Gasteiger charge is -1.90. The molecule has 0 unspecified atom stereocenters. The number of hydrogen-bond acceptors (Lipinski definition) is 0. The quantitative estimate of drug-likeness (QED) is 0.642. The van der Waals surface area contributed by atoms with E-state index in [1.807, 2.05) is 7.05 Å². The van der Waals surface area contributed by atoms with Crippen LogP contribution < -0.4 is 0 Å². The molecular weight excluding hydrogens is 328 g/mol. The minimum atomic E-state index is 1.31. The molecule has 0 aliphatic rings. The first-order valence-electron chi connectivity index (χ1n) is 2.18. The monoisotopic (exact) mass is 333 g/mol. The average Bonchev–Trinajstić information content (AvgIpc) is 1.98. The van der Waals surface area contributed by atoms with Crippen molar-refractivity contribution in [2.24, 2.45) is 7.05 Å². The maximum Gasteiger partial charge on any atom is 0.0930 e. The van der Waals surface area contributed by atoms with E-state index in [-0.39, 0.29) is 0 Å². The summed E-state index contributed by atoms with van der Waals surface area (Å²) in [6, 6.07) is 2.10. The van der Waals surface area contributed by atoms with Gasteiger partial charge < -0.3 is 4.57 Å². The van der Waals surface area contributed by atoms with Crippen molar-refractivity contribution < 1.29 is 0 Å². The van der Waals surface area contributed by atoms with Crippen molar-refractivity contribution in [2.45, 2.75) is 0 Å². The molecule has 8 heavy (non-hydrogen) atoms. The number of aromatic nitrogens is 1. The summed E-state index contributed by atoms with van der Waals surface area (Å²) < 4.78 is 4.73. The minimum absolute atomic E-state index is 1.31. The highest BCUT2D eigenvalue weighted by molar-refractivity contribution is 14.1. The second-order valence-corrected chi connectivity index (χ2v) is 3.75. The molecule has 0 spiro atoms. The van der Waals surface area contributed by atoms with Gasteiger partial charge in [0.2, 0.25) is 0 Å². The van der Waals surface area contributed by atoms with Crippen LogP contribution in [-0.2, 0) is 7.05 Å². The SMILES string of the molecule is Cn1ccc(I)c1I. The topological polar surface area (TPSA) is 4.93 Å². The summed E-state index contributed by atoms with van der Waals surface area (Å²) in [5.41, 5.74) is 0. The molecule has 1 aromatic rings. The van der Waals surface area contributed by atoms with Gasteiger partial charge in [-0.15, -0.1) is 0 Å². The summed E-state index contributed by atoms with van der Waals surface area (Å²) in [7, 11) is 2.05. The van der Waals surface area contributed by atoms with Crippen molar-refractivity contribution in [3.05, 3.63) is 19.5 Å². The van der Waals surface area contributed by atoms with Crippen LogP contribution in [0, 0.1) is 7.27 Å². The number of halogens is 2. The van der Waals surface area contributed by atoms with E-state index in [0.717, 1.165) is 0 Å². The molecule has 0 saturated heterocycles. The van der Waals surface area contributed by atoms with Gasteiger partial charge in [0.05, 0.1) is 3.70 Å². The van der Waals surface area contributed by atoms with Crippen molar-refractivity contribution in [2.75, 3.05) is 0 Å². The van der Waals surface area contributed by atoms with Gasteiger partial charge in [0.1, 0.15) is 0 Å². The molecule has 0 amide bonds. The van der Waals surface area contributed by atoms with Crippen molar-refractivity contribution in [1.82, 2.24) is 4.57 Å². The van der Waals surface area contributed by atoms with E-state index in [1.165, 1.54) is 7.27 Å². The van der Waals surface area contributed by atoms with Gasteiger partial charge in [-0.25, -0.2) is 0 Å². The van der Waals surface area contributed by atoms with E-state index >= 15 is 0 Å². The lowest BCUT2D eigenvalue weighted by Crippen LogP contribution is -1.86. The van der Waals surface area contributed by atoms with Crippen molar-refractivity contribution >= 4 is 45.2 Å². The van der Waals surface area contributed by atoms with Gasteiger partial charge >= 0.3 is 0 Å². The Bertz CT molecular complexity index is 173. The molecule has 1 nitrogen and oxygen atoms in total. The van der Waals surface area contributed by atoms with Gasteiger partial charge in [-0.05, 0) is 51.2 Å². The van der Waals surface area contributed by atoms with Crippen LogP contribution in [0.4, 0.5) is 0 Å². The summed E-state index contributed by atoms with van der Waals surface area (Å²) in [6.45, 7) is 0. The minimum Gasteiger partial charge on any atom is -0.345 e. The predicted molar refractivity (Wildman–Crippen MR) is 50.8 cm³/mol. The fourth-order valence-corrected chi connectivity index (χ4v) is 1.36. The molecule has 3 heteroatoms. The first kappa shape index (κ1) is 6.85. The zero-order valence-corrected chi connectivity index (χ0v) is 8.67. The molecule has 0 atom stereocenters. The number of aryl methyl sites for hydroxylation is 1. The molecule has 1 aromatic heterocycles. The first-order chi connectivity index (χ1) is 3.72. The van der Waals surface area contributed by atoms with Crippen LogP contribution in [0.1, 0.15) is 0 Å². The van der Waals surface area contributed by atoms with Crippen LogP contribution in [0.15, 0.2) is 12.3 Å². The fraction of sp³-hybridized carbons (Fsp3) is 0.200. The molecule has 0 N–H and O–H groups in total. The Morgan fingerprint density at radius 3 is 2.25 bits per heavy atom. The van der Waals surface area contributed by atoms with Crippen molar-refractivity contribution in [1.29, 1.82) is 0 Å². The van der Waals surface area contributed by atoms with Crippen LogP contribution in [0.25, 0.3) is 0 Å². The Balaban J connectivity index is 3.19. The predicted octanol–water partition coefficient (Wildman–Crippen LogP) is 2.23. The zero-order chi connectivity index (χ0) is 6.15. The van der Waals surface area contributed by atoms with E-state index in [1.54, 1.807) is 0 Å². The molecule has 1 rings (SSSR count). The molecule has 0 radical (unpaired) electrons. The van der Waals surface area contributed by atoms with Gasteiger partial charge in [-0.2, -0.15) is 0 Å². The van der Waals surface area contributed by atoms with Gasteiger partial charge in [-0.1, -0.05) is 0 Å². The highest BCUT2D eigenvalue weighted by atomic mass is 127. The molecule has 0 bridgehead atoms. The molecule has 0 aromatic carbocycles. The summed E-state index contributed by atoms with van der Waals surface area (Å²) in [6.07, 6.45) is 2.06. The Hall–Kier alpha value is 0.740. The second kappa shape index (κ2) is 2.55. The molecular formula is C5H5I2N. The third-order valence-electron chi connectivity index (χ3n) is 0.951. The smallest absolute Gasteiger partial charge is 0.0930 e. The Morgan fingerprint density at radius 2 is 2.12 bits per heavy atom. The van der Waals surface area contributed by atoms with Gasteiger partial charge in [0, 0.05) is 16.8 Å². The average molecular weight is 333 g/mol. The Kier molecular flexibility index (Phi) is 2.19. The molecule has 0 aliphatic heterocycles. The van der Waals surface area contributed by atoms with E-state index in [2.05, 4.69) is 62.0 Å². The Morgan fingerprint density at radius 1 is 1.50 bits per heavy atom. The second-order valence-electron chi connectivity index (χ2n) is 1.57. The van der Waals surface area contributed by atoms with Gasteiger partial charge in [0.25, 0.3) is 0 Å². The number of hydrogen-bond donors (Lipinski definition) is 0. The first-order valence-corrected chi connectivity index (χ1v) is 4.34. The summed E-state index contributed by atoms with van der Waals surface area (Å²) in [5, 5.41) is 0. The van der Waals surface area contributed by atoms with E-state index in [0.29, 0.717) is 0 Å². The highest BCUT2D eigenvalue weighted by Crippen LogP contribution is 2.13. The largest absolute Gasteiger partial charge is 0.345 e. The normalized spacial score (nSPS) is 9.88. The summed E-state index contributed by atoms with van der Waals surface area (Å²) in [4.78, 5) is 0. The lowest BCUT2D eigenvalue weighted by molar-refractivity contribution is 0.896. The number of rotatable bonds is 0. The maximum absolute atomic E-state index is 2.32. The van der Waals surface area contributed by atoms with Gasteiger partial charge in [0.15, 0.2) is 0 Å². The Labute approximate surface area is 75.7 Å². The summed E-state index contributed by atoms with van der Waals surface area (Å²) in [5.74, 6) is 0. The van der Waals surface area contributed by atoms with Gasteiger partial charge in [-0.3, -0.25) is 0 Å². The molecule has 0 aliphatic carbocycles.